The zero-order valence-electron chi connectivity index (χ0n) is 9.61. The summed E-state index contributed by atoms with van der Waals surface area (Å²) in [6.45, 7) is 2.53. The molecule has 0 aromatic heterocycles. The molecule has 0 atom stereocenters. The molecule has 1 aromatic carbocycles. The smallest absolute Gasteiger partial charge is 0.248 e. The number of ether oxygens (including phenoxy) is 1. The van der Waals surface area contributed by atoms with Gasteiger partial charge in [0.05, 0.1) is 0 Å². The summed E-state index contributed by atoms with van der Waals surface area (Å²) in [7, 11) is 0. The van der Waals surface area contributed by atoms with Crippen LogP contribution in [-0.2, 0) is 0 Å². The third-order valence-electron chi connectivity index (χ3n) is 2.72. The first kappa shape index (κ1) is 11.7. The second-order valence-corrected chi connectivity index (χ2v) is 3.99. The summed E-state index contributed by atoms with van der Waals surface area (Å²) in [4.78, 5) is 10.9. The molecule has 1 heterocycles. The van der Waals surface area contributed by atoms with Gasteiger partial charge in [-0.1, -0.05) is 6.08 Å². The Morgan fingerprint density at radius 2 is 2.12 bits per heavy atom. The Morgan fingerprint density at radius 1 is 1.35 bits per heavy atom. The summed E-state index contributed by atoms with van der Waals surface area (Å²) in [5.74, 6) is 0.340. The van der Waals surface area contributed by atoms with Crippen LogP contribution < -0.4 is 15.8 Å². The molecule has 0 saturated heterocycles. The Balaban J connectivity index is 1.90. The third-order valence-corrected chi connectivity index (χ3v) is 2.72. The Kier molecular flexibility index (Phi) is 3.77. The van der Waals surface area contributed by atoms with E-state index < -0.39 is 5.91 Å². The van der Waals surface area contributed by atoms with Crippen LogP contribution in [0.1, 0.15) is 16.8 Å². The first-order valence-electron chi connectivity index (χ1n) is 5.67. The fourth-order valence-corrected chi connectivity index (χ4v) is 1.69. The number of hydrogen-bond acceptors (Lipinski definition) is 3. The van der Waals surface area contributed by atoms with Crippen molar-refractivity contribution in [1.82, 2.24) is 5.32 Å². The second kappa shape index (κ2) is 5.50. The van der Waals surface area contributed by atoms with Crippen LogP contribution in [0.3, 0.4) is 0 Å². The minimum absolute atomic E-state index is 0.419. The highest BCUT2D eigenvalue weighted by atomic mass is 16.5. The molecule has 90 valence electrons. The van der Waals surface area contributed by atoms with Gasteiger partial charge < -0.3 is 15.8 Å². The Morgan fingerprint density at radius 3 is 2.71 bits per heavy atom. The molecule has 4 heteroatoms. The lowest BCUT2D eigenvalue weighted by Gasteiger charge is -2.14. The number of carbonyl (C=O) groups is 1. The largest absolute Gasteiger partial charge is 0.489 e. The first-order chi connectivity index (χ1) is 8.25. The van der Waals surface area contributed by atoms with Gasteiger partial charge in [-0.3, -0.25) is 4.79 Å². The topological polar surface area (TPSA) is 64.4 Å². The fourth-order valence-electron chi connectivity index (χ4n) is 1.69. The van der Waals surface area contributed by atoms with Crippen molar-refractivity contribution >= 4 is 5.91 Å². The predicted molar refractivity (Wildman–Crippen MR) is 66.0 cm³/mol. The number of carbonyl (C=O) groups excluding carboxylic acids is 1. The predicted octanol–water partition coefficient (Wildman–Crippen LogP) is 1.08. The van der Waals surface area contributed by atoms with Crippen LogP contribution in [0.25, 0.3) is 0 Å². The lowest BCUT2D eigenvalue weighted by Crippen LogP contribution is -2.22. The summed E-state index contributed by atoms with van der Waals surface area (Å²) in [5, 5.41) is 3.25. The van der Waals surface area contributed by atoms with Gasteiger partial charge in [-0.05, 0) is 42.8 Å². The van der Waals surface area contributed by atoms with E-state index in [-0.39, 0.29) is 0 Å². The van der Waals surface area contributed by atoms with Crippen LogP contribution in [0.2, 0.25) is 0 Å². The molecule has 0 spiro atoms. The molecule has 2 rings (SSSR count). The SMILES string of the molecule is NC(=O)c1ccc(OCC2=CCNCC2)cc1. The van der Waals surface area contributed by atoms with E-state index in [1.54, 1.807) is 24.3 Å². The Bertz CT molecular complexity index is 424. The van der Waals surface area contributed by atoms with E-state index in [0.717, 1.165) is 25.3 Å². The molecule has 1 aromatic rings. The second-order valence-electron chi connectivity index (χ2n) is 3.99. The first-order valence-corrected chi connectivity index (χ1v) is 5.67. The Labute approximate surface area is 100 Å². The molecule has 17 heavy (non-hydrogen) atoms. The lowest BCUT2D eigenvalue weighted by molar-refractivity contribution is 0.100. The fraction of sp³-hybridized carbons (Fsp3) is 0.308. The van der Waals surface area contributed by atoms with E-state index >= 15 is 0 Å². The van der Waals surface area contributed by atoms with Crippen LogP contribution in [-0.4, -0.2) is 25.6 Å². The van der Waals surface area contributed by atoms with Crippen molar-refractivity contribution in [3.63, 3.8) is 0 Å². The van der Waals surface area contributed by atoms with E-state index in [0.29, 0.717) is 12.2 Å². The maximum Gasteiger partial charge on any atom is 0.248 e. The van der Waals surface area contributed by atoms with Crippen LogP contribution in [0.15, 0.2) is 35.9 Å². The van der Waals surface area contributed by atoms with Gasteiger partial charge in [0.15, 0.2) is 0 Å². The Hall–Kier alpha value is -1.81. The average Bonchev–Trinajstić information content (AvgIpc) is 2.38. The highest BCUT2D eigenvalue weighted by molar-refractivity contribution is 5.92. The van der Waals surface area contributed by atoms with Crippen molar-refractivity contribution in [2.24, 2.45) is 5.73 Å². The van der Waals surface area contributed by atoms with Crippen LogP contribution in [0, 0.1) is 0 Å². The summed E-state index contributed by atoms with van der Waals surface area (Å²) in [6.07, 6.45) is 3.18. The van der Waals surface area contributed by atoms with Crippen molar-refractivity contribution in [3.05, 3.63) is 41.5 Å². The van der Waals surface area contributed by atoms with Gasteiger partial charge in [0, 0.05) is 12.1 Å². The standard InChI is InChI=1S/C13H16N2O2/c14-13(16)11-1-3-12(4-2-11)17-9-10-5-7-15-8-6-10/h1-5,15H,6-9H2,(H2,14,16). The van der Waals surface area contributed by atoms with Gasteiger partial charge in [0.25, 0.3) is 0 Å². The molecule has 0 saturated carbocycles. The molecule has 1 aliphatic heterocycles. The quantitative estimate of drug-likeness (QED) is 0.764. The van der Waals surface area contributed by atoms with E-state index in [4.69, 9.17) is 10.5 Å². The number of rotatable bonds is 4. The summed E-state index contributed by atoms with van der Waals surface area (Å²) in [6, 6.07) is 6.88. The molecule has 1 amide bonds. The molecule has 3 N–H and O–H groups in total. The zero-order chi connectivity index (χ0) is 12.1. The van der Waals surface area contributed by atoms with Crippen molar-refractivity contribution in [3.8, 4) is 5.75 Å². The number of nitrogens with one attached hydrogen (secondary N) is 1. The molecule has 0 radical (unpaired) electrons. The maximum atomic E-state index is 10.9. The van der Waals surface area contributed by atoms with Gasteiger partial charge in [0.1, 0.15) is 12.4 Å². The van der Waals surface area contributed by atoms with Crippen molar-refractivity contribution in [1.29, 1.82) is 0 Å². The number of amides is 1. The highest BCUT2D eigenvalue weighted by Crippen LogP contribution is 2.14. The van der Waals surface area contributed by atoms with Gasteiger partial charge in [0.2, 0.25) is 5.91 Å². The lowest BCUT2D eigenvalue weighted by atomic mass is 10.1. The van der Waals surface area contributed by atoms with Gasteiger partial charge in [-0.15, -0.1) is 0 Å². The zero-order valence-corrected chi connectivity index (χ0v) is 9.61. The summed E-state index contributed by atoms with van der Waals surface area (Å²) >= 11 is 0. The third kappa shape index (κ3) is 3.32. The molecule has 0 bridgehead atoms. The van der Waals surface area contributed by atoms with Gasteiger partial charge in [-0.25, -0.2) is 0 Å². The molecule has 0 unspecified atom stereocenters. The molecule has 0 fully saturated rings. The number of benzene rings is 1. The number of hydrogen-bond donors (Lipinski definition) is 2. The van der Waals surface area contributed by atoms with Crippen LogP contribution in [0.4, 0.5) is 0 Å². The van der Waals surface area contributed by atoms with Gasteiger partial charge >= 0.3 is 0 Å². The van der Waals surface area contributed by atoms with Crippen molar-refractivity contribution < 1.29 is 9.53 Å². The van der Waals surface area contributed by atoms with E-state index in [1.807, 2.05) is 0 Å². The average molecular weight is 232 g/mol. The summed E-state index contributed by atoms with van der Waals surface area (Å²) < 4.78 is 5.63. The molecule has 0 aliphatic carbocycles. The van der Waals surface area contributed by atoms with Crippen LogP contribution >= 0.6 is 0 Å². The number of primary amides is 1. The molecular weight excluding hydrogens is 216 g/mol. The van der Waals surface area contributed by atoms with Gasteiger partial charge in [-0.2, -0.15) is 0 Å². The normalized spacial score (nSPS) is 15.2. The minimum atomic E-state index is -0.419. The van der Waals surface area contributed by atoms with E-state index in [9.17, 15) is 4.79 Å². The minimum Gasteiger partial charge on any atom is -0.489 e. The van der Waals surface area contributed by atoms with E-state index in [1.165, 1.54) is 5.57 Å². The summed E-state index contributed by atoms with van der Waals surface area (Å²) in [5.41, 5.74) is 6.97. The maximum absolute atomic E-state index is 10.9. The van der Waals surface area contributed by atoms with Crippen molar-refractivity contribution in [2.45, 2.75) is 6.42 Å². The molecule has 4 nitrogen and oxygen atoms in total. The molecule has 1 aliphatic rings. The highest BCUT2D eigenvalue weighted by Gasteiger charge is 2.04. The van der Waals surface area contributed by atoms with Crippen LogP contribution in [0.5, 0.6) is 5.75 Å². The monoisotopic (exact) mass is 232 g/mol. The van der Waals surface area contributed by atoms with Crippen molar-refractivity contribution in [2.75, 3.05) is 19.7 Å². The number of nitrogens with two attached hydrogens (primary N) is 1. The molecular formula is C13H16N2O2. The van der Waals surface area contributed by atoms with E-state index in [2.05, 4.69) is 11.4 Å².